The molecule has 1 atom stereocenters. The Balaban J connectivity index is 1.93. The Morgan fingerprint density at radius 1 is 1.20 bits per heavy atom. The zero-order chi connectivity index (χ0) is 25.5. The van der Waals surface area contributed by atoms with Crippen molar-refractivity contribution in [1.29, 1.82) is 0 Å². The summed E-state index contributed by atoms with van der Waals surface area (Å²) in [5, 5.41) is 3.06. The maximum atomic E-state index is 13.9. The van der Waals surface area contributed by atoms with E-state index in [1.807, 2.05) is 47.9 Å². The van der Waals surface area contributed by atoms with Gasteiger partial charge in [0.15, 0.2) is 0 Å². The lowest BCUT2D eigenvalue weighted by Crippen LogP contribution is -2.50. The molecule has 8 nitrogen and oxygen atoms in total. The first-order valence-electron chi connectivity index (χ1n) is 12.3. The Hall–Kier alpha value is -3.13. The van der Waals surface area contributed by atoms with Gasteiger partial charge in [-0.1, -0.05) is 32.0 Å². The number of rotatable bonds is 8. The third kappa shape index (κ3) is 6.72. The van der Waals surface area contributed by atoms with E-state index in [9.17, 15) is 9.59 Å². The number of piperidine rings is 1. The van der Waals surface area contributed by atoms with Crippen LogP contribution in [0.25, 0.3) is 0 Å². The second-order valence-corrected chi connectivity index (χ2v) is 9.46. The Kier molecular flexibility index (Phi) is 9.09. The minimum Gasteiger partial charge on any atom is -0.486 e. The van der Waals surface area contributed by atoms with Crippen LogP contribution in [0.2, 0.25) is 0 Å². The van der Waals surface area contributed by atoms with Crippen LogP contribution >= 0.6 is 0 Å². The van der Waals surface area contributed by atoms with Gasteiger partial charge < -0.3 is 19.7 Å². The number of methoxy groups -OCH3 is 1. The predicted molar refractivity (Wildman–Crippen MR) is 138 cm³/mol. The van der Waals surface area contributed by atoms with E-state index in [1.54, 1.807) is 20.2 Å². The van der Waals surface area contributed by atoms with Crippen LogP contribution in [0.15, 0.2) is 36.5 Å². The van der Waals surface area contributed by atoms with E-state index in [4.69, 9.17) is 9.47 Å². The molecule has 0 aliphatic carbocycles. The summed E-state index contributed by atoms with van der Waals surface area (Å²) in [4.78, 5) is 33.8. The summed E-state index contributed by atoms with van der Waals surface area (Å²) >= 11 is 0. The molecule has 1 fully saturated rings. The highest BCUT2D eigenvalue weighted by Gasteiger charge is 2.32. The average Bonchev–Trinajstić information content (AvgIpc) is 2.81. The smallest absolute Gasteiger partial charge is 0.326 e. The zero-order valence-corrected chi connectivity index (χ0v) is 21.7. The van der Waals surface area contributed by atoms with E-state index in [0.717, 1.165) is 16.9 Å². The maximum absolute atomic E-state index is 13.9. The summed E-state index contributed by atoms with van der Waals surface area (Å²) in [5.41, 5.74) is 3.29. The first kappa shape index (κ1) is 26.5. The largest absolute Gasteiger partial charge is 0.486 e. The van der Waals surface area contributed by atoms with Crippen molar-refractivity contribution in [2.75, 3.05) is 37.0 Å². The number of nitrogens with one attached hydrogen (secondary N) is 1. The minimum atomic E-state index is -0.241. The number of para-hydroxylation sites is 1. The van der Waals surface area contributed by atoms with Gasteiger partial charge in [0, 0.05) is 50.6 Å². The van der Waals surface area contributed by atoms with Crippen molar-refractivity contribution in [3.05, 3.63) is 47.8 Å². The Morgan fingerprint density at radius 2 is 1.89 bits per heavy atom. The molecule has 1 saturated heterocycles. The standard InChI is InChI=1S/C27H38N4O4/c1-18(2)23-9-7-8-10-25(23)31(22-11-13-30(14-12-22)21(5)32)27(33)29-24-16-28-19(3)15-26(24)35-20(4)17-34-6/h7-10,15-16,18,20,22H,11-14,17H2,1-6H3,(H,29,33)/t20-/m0/s1. The summed E-state index contributed by atoms with van der Waals surface area (Å²) in [5.74, 6) is 0.868. The molecule has 8 heteroatoms. The van der Waals surface area contributed by atoms with E-state index in [2.05, 4.69) is 30.2 Å². The number of aromatic nitrogens is 1. The molecule has 0 unspecified atom stereocenters. The lowest BCUT2D eigenvalue weighted by Gasteiger charge is -2.39. The number of carbonyl (C=O) groups excluding carboxylic acids is 2. The Bertz CT molecular complexity index is 1020. The molecule has 190 valence electrons. The SMILES string of the molecule is COC[C@H](C)Oc1cc(C)ncc1NC(=O)N(c1ccccc1C(C)C)C1CCN(C(C)=O)CC1. The van der Waals surface area contributed by atoms with Crippen molar-refractivity contribution < 1.29 is 19.1 Å². The summed E-state index contributed by atoms with van der Waals surface area (Å²) < 4.78 is 11.3. The molecule has 1 aromatic heterocycles. The Labute approximate surface area is 208 Å². The van der Waals surface area contributed by atoms with Crippen molar-refractivity contribution in [1.82, 2.24) is 9.88 Å². The van der Waals surface area contributed by atoms with Crippen LogP contribution in [0, 0.1) is 6.92 Å². The van der Waals surface area contributed by atoms with Gasteiger partial charge in [-0.15, -0.1) is 0 Å². The van der Waals surface area contributed by atoms with Crippen LogP contribution in [0.4, 0.5) is 16.2 Å². The molecule has 1 aliphatic heterocycles. The summed E-state index contributed by atoms with van der Waals surface area (Å²) in [6.07, 6.45) is 2.86. The van der Waals surface area contributed by atoms with Gasteiger partial charge in [-0.05, 0) is 44.2 Å². The highest BCUT2D eigenvalue weighted by atomic mass is 16.5. The van der Waals surface area contributed by atoms with Gasteiger partial charge in [0.2, 0.25) is 5.91 Å². The molecule has 2 aromatic rings. The molecule has 3 rings (SSSR count). The lowest BCUT2D eigenvalue weighted by atomic mass is 9.97. The van der Waals surface area contributed by atoms with Crippen LogP contribution in [0.3, 0.4) is 0 Å². The van der Waals surface area contributed by atoms with Crippen LogP contribution in [-0.4, -0.2) is 60.8 Å². The number of nitrogens with zero attached hydrogens (tertiary/aromatic N) is 3. The van der Waals surface area contributed by atoms with Gasteiger partial charge in [0.05, 0.1) is 12.8 Å². The van der Waals surface area contributed by atoms with E-state index in [0.29, 0.717) is 44.0 Å². The molecule has 1 N–H and O–H groups in total. The van der Waals surface area contributed by atoms with Gasteiger partial charge in [0.25, 0.3) is 0 Å². The predicted octanol–water partition coefficient (Wildman–Crippen LogP) is 4.98. The van der Waals surface area contributed by atoms with Crippen molar-refractivity contribution in [2.45, 2.75) is 65.5 Å². The second kappa shape index (κ2) is 12.0. The first-order valence-corrected chi connectivity index (χ1v) is 12.3. The fourth-order valence-electron chi connectivity index (χ4n) is 4.49. The fourth-order valence-corrected chi connectivity index (χ4v) is 4.49. The topological polar surface area (TPSA) is 84.0 Å². The van der Waals surface area contributed by atoms with Crippen LogP contribution in [-0.2, 0) is 9.53 Å². The maximum Gasteiger partial charge on any atom is 0.326 e. The van der Waals surface area contributed by atoms with Gasteiger partial charge in [-0.25, -0.2) is 4.79 Å². The van der Waals surface area contributed by atoms with Gasteiger partial charge in [-0.2, -0.15) is 0 Å². The summed E-state index contributed by atoms with van der Waals surface area (Å²) in [6.45, 7) is 11.3. The number of carbonyl (C=O) groups is 2. The highest BCUT2D eigenvalue weighted by Crippen LogP contribution is 2.33. The number of ether oxygens (including phenoxy) is 2. The van der Waals surface area contributed by atoms with Crippen molar-refractivity contribution in [3.8, 4) is 5.75 Å². The molecule has 0 bridgehead atoms. The average molecular weight is 483 g/mol. The van der Waals surface area contributed by atoms with E-state index in [1.165, 1.54) is 0 Å². The number of hydrogen-bond donors (Lipinski definition) is 1. The van der Waals surface area contributed by atoms with Gasteiger partial charge in [0.1, 0.15) is 17.5 Å². The number of benzene rings is 1. The molecule has 1 aliphatic rings. The second-order valence-electron chi connectivity index (χ2n) is 9.46. The molecule has 0 spiro atoms. The van der Waals surface area contributed by atoms with Crippen LogP contribution < -0.4 is 15.0 Å². The van der Waals surface area contributed by atoms with Crippen LogP contribution in [0.1, 0.15) is 57.7 Å². The third-order valence-corrected chi connectivity index (χ3v) is 6.29. The van der Waals surface area contributed by atoms with E-state index >= 15 is 0 Å². The van der Waals surface area contributed by atoms with E-state index < -0.39 is 0 Å². The van der Waals surface area contributed by atoms with Crippen molar-refractivity contribution in [2.24, 2.45) is 0 Å². The van der Waals surface area contributed by atoms with Gasteiger partial charge in [-0.3, -0.25) is 14.7 Å². The zero-order valence-electron chi connectivity index (χ0n) is 21.7. The number of pyridine rings is 1. The molecule has 1 aromatic carbocycles. The fraction of sp³-hybridized carbons (Fsp3) is 0.519. The van der Waals surface area contributed by atoms with Gasteiger partial charge >= 0.3 is 6.03 Å². The molecule has 2 heterocycles. The number of likely N-dealkylation sites (tertiary alicyclic amines) is 1. The van der Waals surface area contributed by atoms with Crippen molar-refractivity contribution in [3.63, 3.8) is 0 Å². The molecular formula is C27H38N4O4. The minimum absolute atomic E-state index is 0.0410. The summed E-state index contributed by atoms with van der Waals surface area (Å²) in [7, 11) is 1.63. The normalized spacial score (nSPS) is 15.1. The monoisotopic (exact) mass is 482 g/mol. The number of anilines is 2. The number of hydrogen-bond acceptors (Lipinski definition) is 5. The lowest BCUT2D eigenvalue weighted by molar-refractivity contribution is -0.129. The molecule has 0 saturated carbocycles. The molecule has 3 amide bonds. The number of amides is 3. The third-order valence-electron chi connectivity index (χ3n) is 6.29. The number of urea groups is 1. The molecular weight excluding hydrogens is 444 g/mol. The van der Waals surface area contributed by atoms with Crippen molar-refractivity contribution >= 4 is 23.3 Å². The number of aryl methyl sites for hydroxylation is 1. The first-order chi connectivity index (χ1) is 16.7. The molecule has 0 radical (unpaired) electrons. The quantitative estimate of drug-likeness (QED) is 0.574. The van der Waals surface area contributed by atoms with E-state index in [-0.39, 0.29) is 30.0 Å². The van der Waals surface area contributed by atoms with Crippen LogP contribution in [0.5, 0.6) is 5.75 Å². The highest BCUT2D eigenvalue weighted by molar-refractivity contribution is 6.03. The molecule has 35 heavy (non-hydrogen) atoms. The summed E-state index contributed by atoms with van der Waals surface area (Å²) in [6, 6.07) is 9.56. The Morgan fingerprint density at radius 3 is 2.51 bits per heavy atom.